The van der Waals surface area contributed by atoms with Gasteiger partial charge in [0.15, 0.2) is 5.96 Å². The highest BCUT2D eigenvalue weighted by Crippen LogP contribution is 2.24. The Morgan fingerprint density at radius 2 is 1.96 bits per heavy atom. The number of nitrogens with zero attached hydrogens (tertiary/aromatic N) is 2. The summed E-state index contributed by atoms with van der Waals surface area (Å²) in [5, 5.41) is 16.1. The molecule has 2 rings (SSSR count). The SMILES string of the molecule is CCNC(=NCc1ccc(N2CCC(O)CC2)c(F)c1)NC(C)(C)C.I. The zero-order valence-corrected chi connectivity index (χ0v) is 18.5. The third-order valence-corrected chi connectivity index (χ3v) is 4.07. The highest BCUT2D eigenvalue weighted by Gasteiger charge is 2.19. The Balaban J connectivity index is 0.00000338. The molecule has 0 radical (unpaired) electrons. The number of guanidine groups is 1. The van der Waals surface area contributed by atoms with Gasteiger partial charge in [0.2, 0.25) is 0 Å². The predicted octanol–water partition coefficient (Wildman–Crippen LogP) is 3.26. The molecular formula is C19H32FIN4O. The van der Waals surface area contributed by atoms with Gasteiger partial charge in [-0.1, -0.05) is 6.07 Å². The van der Waals surface area contributed by atoms with Crippen molar-refractivity contribution in [2.45, 2.75) is 58.7 Å². The van der Waals surface area contributed by atoms with Crippen LogP contribution in [-0.4, -0.2) is 42.3 Å². The molecule has 0 bridgehead atoms. The van der Waals surface area contributed by atoms with Crippen LogP contribution < -0.4 is 15.5 Å². The van der Waals surface area contributed by atoms with Crippen LogP contribution >= 0.6 is 24.0 Å². The van der Waals surface area contributed by atoms with Crippen molar-refractivity contribution in [2.75, 3.05) is 24.5 Å². The quantitative estimate of drug-likeness (QED) is 0.353. The lowest BCUT2D eigenvalue weighted by molar-refractivity contribution is 0.145. The number of anilines is 1. The van der Waals surface area contributed by atoms with Gasteiger partial charge in [0, 0.05) is 25.2 Å². The second kappa shape index (κ2) is 10.3. The van der Waals surface area contributed by atoms with Gasteiger partial charge >= 0.3 is 0 Å². The lowest BCUT2D eigenvalue weighted by atomic mass is 10.1. The van der Waals surface area contributed by atoms with Crippen molar-refractivity contribution < 1.29 is 9.50 Å². The van der Waals surface area contributed by atoms with Crippen molar-refractivity contribution in [3.8, 4) is 0 Å². The van der Waals surface area contributed by atoms with Crippen LogP contribution in [-0.2, 0) is 6.54 Å². The van der Waals surface area contributed by atoms with Crippen LogP contribution in [0.1, 0.15) is 46.1 Å². The predicted molar refractivity (Wildman–Crippen MR) is 117 cm³/mol. The molecular weight excluding hydrogens is 446 g/mol. The number of halogens is 2. The normalized spacial score (nSPS) is 16.2. The van der Waals surface area contributed by atoms with E-state index >= 15 is 0 Å². The van der Waals surface area contributed by atoms with Gasteiger partial charge < -0.3 is 20.6 Å². The van der Waals surface area contributed by atoms with Gasteiger partial charge in [-0.3, -0.25) is 0 Å². The van der Waals surface area contributed by atoms with Crippen LogP contribution in [0.25, 0.3) is 0 Å². The largest absolute Gasteiger partial charge is 0.393 e. The summed E-state index contributed by atoms with van der Waals surface area (Å²) in [6, 6.07) is 5.31. The van der Waals surface area contributed by atoms with Gasteiger partial charge in [-0.25, -0.2) is 9.38 Å². The molecule has 1 fully saturated rings. The molecule has 0 saturated carbocycles. The van der Waals surface area contributed by atoms with Crippen molar-refractivity contribution in [3.63, 3.8) is 0 Å². The van der Waals surface area contributed by atoms with Crippen molar-refractivity contribution in [3.05, 3.63) is 29.6 Å². The van der Waals surface area contributed by atoms with E-state index in [1.165, 1.54) is 0 Å². The summed E-state index contributed by atoms with van der Waals surface area (Å²) in [4.78, 5) is 6.54. The lowest BCUT2D eigenvalue weighted by Crippen LogP contribution is -2.47. The molecule has 5 nitrogen and oxygen atoms in total. The van der Waals surface area contributed by atoms with Crippen molar-refractivity contribution in [1.82, 2.24) is 10.6 Å². The number of hydrogen-bond donors (Lipinski definition) is 3. The first-order chi connectivity index (χ1) is 11.8. The fourth-order valence-electron chi connectivity index (χ4n) is 2.84. The average Bonchev–Trinajstić information content (AvgIpc) is 2.53. The Morgan fingerprint density at radius 3 is 2.50 bits per heavy atom. The summed E-state index contributed by atoms with van der Waals surface area (Å²) >= 11 is 0. The standard InChI is InChI=1S/C19H31FN4O.HI/c1-5-21-18(23-19(2,3)4)22-13-14-6-7-17(16(20)12-14)24-10-8-15(25)9-11-24;/h6-7,12,15,25H,5,8-11,13H2,1-4H3,(H2,21,22,23);1H. The first-order valence-corrected chi connectivity index (χ1v) is 9.06. The minimum Gasteiger partial charge on any atom is -0.393 e. The maximum atomic E-state index is 14.5. The third-order valence-electron chi connectivity index (χ3n) is 4.07. The van der Waals surface area contributed by atoms with E-state index in [1.807, 2.05) is 24.0 Å². The number of aliphatic imine (C=N–C) groups is 1. The first-order valence-electron chi connectivity index (χ1n) is 9.06. The Morgan fingerprint density at radius 1 is 1.31 bits per heavy atom. The molecule has 148 valence electrons. The fourth-order valence-corrected chi connectivity index (χ4v) is 2.84. The Hall–Kier alpha value is -1.09. The second-order valence-electron chi connectivity index (χ2n) is 7.57. The Bertz CT molecular complexity index is 596. The summed E-state index contributed by atoms with van der Waals surface area (Å²) in [6.45, 7) is 10.8. The number of aliphatic hydroxyl groups is 1. The number of piperidine rings is 1. The second-order valence-corrected chi connectivity index (χ2v) is 7.57. The van der Waals surface area contributed by atoms with Crippen LogP contribution in [0.4, 0.5) is 10.1 Å². The third kappa shape index (κ3) is 7.26. The maximum absolute atomic E-state index is 14.5. The van der Waals surface area contributed by atoms with Gasteiger partial charge in [-0.05, 0) is 58.2 Å². The molecule has 26 heavy (non-hydrogen) atoms. The van der Waals surface area contributed by atoms with E-state index in [2.05, 4.69) is 36.4 Å². The van der Waals surface area contributed by atoms with E-state index in [4.69, 9.17) is 0 Å². The van der Waals surface area contributed by atoms with E-state index in [-0.39, 0.29) is 41.4 Å². The number of nitrogens with one attached hydrogen (secondary N) is 2. The summed E-state index contributed by atoms with van der Waals surface area (Å²) in [5.74, 6) is 0.502. The van der Waals surface area contributed by atoms with Gasteiger partial charge in [0.25, 0.3) is 0 Å². The first kappa shape index (κ1) is 23.0. The zero-order chi connectivity index (χ0) is 18.4. The van der Waals surface area contributed by atoms with E-state index < -0.39 is 0 Å². The summed E-state index contributed by atoms with van der Waals surface area (Å²) in [6.07, 6.45) is 1.12. The highest BCUT2D eigenvalue weighted by molar-refractivity contribution is 14.0. The molecule has 1 aliphatic heterocycles. The Kier molecular flexibility index (Phi) is 9.09. The van der Waals surface area contributed by atoms with Crippen LogP contribution in [0, 0.1) is 5.82 Å². The number of rotatable bonds is 4. The van der Waals surface area contributed by atoms with E-state index in [0.29, 0.717) is 38.2 Å². The molecule has 1 aliphatic rings. The molecule has 0 aromatic heterocycles. The fraction of sp³-hybridized carbons (Fsp3) is 0.632. The lowest BCUT2D eigenvalue weighted by Gasteiger charge is -2.31. The Labute approximate surface area is 173 Å². The molecule has 1 saturated heterocycles. The summed E-state index contributed by atoms with van der Waals surface area (Å²) < 4.78 is 14.5. The highest BCUT2D eigenvalue weighted by atomic mass is 127. The molecule has 3 N–H and O–H groups in total. The average molecular weight is 478 g/mol. The smallest absolute Gasteiger partial charge is 0.191 e. The molecule has 0 amide bonds. The van der Waals surface area contributed by atoms with Crippen molar-refractivity contribution in [2.24, 2.45) is 4.99 Å². The van der Waals surface area contributed by atoms with Gasteiger partial charge in [0.05, 0.1) is 18.3 Å². The number of aliphatic hydroxyl groups excluding tert-OH is 1. The summed E-state index contributed by atoms with van der Waals surface area (Å²) in [5.41, 5.74) is 1.36. The molecule has 0 atom stereocenters. The van der Waals surface area contributed by atoms with E-state index in [0.717, 1.165) is 18.1 Å². The minimum absolute atomic E-state index is 0. The number of hydrogen-bond acceptors (Lipinski definition) is 3. The van der Waals surface area contributed by atoms with Crippen molar-refractivity contribution in [1.29, 1.82) is 0 Å². The minimum atomic E-state index is -0.257. The molecule has 0 aliphatic carbocycles. The van der Waals surface area contributed by atoms with Crippen molar-refractivity contribution >= 4 is 35.6 Å². The van der Waals surface area contributed by atoms with Crippen LogP contribution in [0.15, 0.2) is 23.2 Å². The van der Waals surface area contributed by atoms with Gasteiger partial charge in [0.1, 0.15) is 5.82 Å². The number of benzene rings is 1. The van der Waals surface area contributed by atoms with E-state index in [1.54, 1.807) is 6.07 Å². The van der Waals surface area contributed by atoms with E-state index in [9.17, 15) is 9.50 Å². The molecule has 1 aromatic carbocycles. The molecule has 0 unspecified atom stereocenters. The summed E-state index contributed by atoms with van der Waals surface area (Å²) in [7, 11) is 0. The van der Waals surface area contributed by atoms with Crippen LogP contribution in [0.5, 0.6) is 0 Å². The molecule has 1 heterocycles. The monoisotopic (exact) mass is 478 g/mol. The molecule has 0 spiro atoms. The molecule has 1 aromatic rings. The van der Waals surface area contributed by atoms with Gasteiger partial charge in [-0.15, -0.1) is 24.0 Å². The topological polar surface area (TPSA) is 59.9 Å². The van der Waals surface area contributed by atoms with Crippen LogP contribution in [0.2, 0.25) is 0 Å². The molecule has 7 heteroatoms. The maximum Gasteiger partial charge on any atom is 0.191 e. The zero-order valence-electron chi connectivity index (χ0n) is 16.2. The van der Waals surface area contributed by atoms with Crippen LogP contribution in [0.3, 0.4) is 0 Å². The van der Waals surface area contributed by atoms with Gasteiger partial charge in [-0.2, -0.15) is 0 Å².